The SMILES string of the molecule is Cc1cn(C)c2c(Nc3cccc(Cl)c3)ncc(C(=O)N3CCOCC3)c12.Cl. The van der Waals surface area contributed by atoms with Crippen molar-refractivity contribution in [1.29, 1.82) is 0 Å². The van der Waals surface area contributed by atoms with Crippen molar-refractivity contribution in [3.05, 3.63) is 52.8 Å². The lowest BCUT2D eigenvalue weighted by Gasteiger charge is -2.27. The summed E-state index contributed by atoms with van der Waals surface area (Å²) in [5.74, 6) is 0.695. The van der Waals surface area contributed by atoms with Gasteiger partial charge < -0.3 is 19.5 Å². The van der Waals surface area contributed by atoms with Crippen molar-refractivity contribution in [2.75, 3.05) is 31.6 Å². The number of amides is 1. The largest absolute Gasteiger partial charge is 0.378 e. The lowest BCUT2D eigenvalue weighted by Crippen LogP contribution is -2.40. The van der Waals surface area contributed by atoms with E-state index in [0.717, 1.165) is 22.2 Å². The normalized spacial score (nSPS) is 14.0. The summed E-state index contributed by atoms with van der Waals surface area (Å²) in [6, 6.07) is 7.49. The van der Waals surface area contributed by atoms with Gasteiger partial charge in [-0.1, -0.05) is 17.7 Å². The molecule has 0 radical (unpaired) electrons. The molecule has 28 heavy (non-hydrogen) atoms. The van der Waals surface area contributed by atoms with Crippen LogP contribution in [0, 0.1) is 6.92 Å². The number of pyridine rings is 1. The number of halogens is 2. The van der Waals surface area contributed by atoms with Gasteiger partial charge in [0, 0.05) is 48.6 Å². The van der Waals surface area contributed by atoms with E-state index >= 15 is 0 Å². The minimum absolute atomic E-state index is 0. The number of aromatic nitrogens is 2. The predicted octanol–water partition coefficient (Wildman–Crippen LogP) is 4.17. The number of carbonyl (C=O) groups is 1. The molecule has 1 N–H and O–H groups in total. The Morgan fingerprint density at radius 1 is 1.29 bits per heavy atom. The fourth-order valence-electron chi connectivity index (χ4n) is 3.56. The molecule has 1 amide bonds. The number of nitrogens with one attached hydrogen (secondary N) is 1. The van der Waals surface area contributed by atoms with Gasteiger partial charge in [0.25, 0.3) is 5.91 Å². The zero-order chi connectivity index (χ0) is 19.0. The second-order valence-corrected chi connectivity index (χ2v) is 7.14. The molecular formula is C20H22Cl2N4O2. The zero-order valence-corrected chi connectivity index (χ0v) is 17.3. The molecule has 4 rings (SSSR count). The number of ether oxygens (including phenoxy) is 1. The summed E-state index contributed by atoms with van der Waals surface area (Å²) in [4.78, 5) is 19.5. The van der Waals surface area contributed by atoms with E-state index in [2.05, 4.69) is 10.3 Å². The Morgan fingerprint density at radius 3 is 2.75 bits per heavy atom. The van der Waals surface area contributed by atoms with Crippen LogP contribution < -0.4 is 5.32 Å². The van der Waals surface area contributed by atoms with E-state index in [1.54, 1.807) is 6.20 Å². The van der Waals surface area contributed by atoms with Gasteiger partial charge in [0.2, 0.25) is 0 Å². The van der Waals surface area contributed by atoms with Crippen LogP contribution in [0.2, 0.25) is 5.02 Å². The minimum atomic E-state index is -0.000550. The van der Waals surface area contributed by atoms with Crippen molar-refractivity contribution < 1.29 is 9.53 Å². The molecule has 6 nitrogen and oxygen atoms in total. The van der Waals surface area contributed by atoms with Gasteiger partial charge >= 0.3 is 0 Å². The van der Waals surface area contributed by atoms with E-state index in [0.29, 0.717) is 42.7 Å². The highest BCUT2D eigenvalue weighted by Gasteiger charge is 2.24. The molecule has 1 fully saturated rings. The first-order chi connectivity index (χ1) is 13.0. The van der Waals surface area contributed by atoms with Gasteiger partial charge in [-0.2, -0.15) is 0 Å². The molecule has 0 spiro atoms. The second-order valence-electron chi connectivity index (χ2n) is 6.71. The molecule has 1 saturated heterocycles. The van der Waals surface area contributed by atoms with E-state index in [-0.39, 0.29) is 18.3 Å². The van der Waals surface area contributed by atoms with Crippen molar-refractivity contribution >= 4 is 52.3 Å². The third kappa shape index (κ3) is 3.81. The van der Waals surface area contributed by atoms with Crippen LogP contribution in [-0.4, -0.2) is 46.7 Å². The molecule has 0 bridgehead atoms. The molecular weight excluding hydrogens is 399 g/mol. The highest BCUT2D eigenvalue weighted by atomic mass is 35.5. The molecule has 2 aromatic heterocycles. The fourth-order valence-corrected chi connectivity index (χ4v) is 3.75. The number of hydrogen-bond donors (Lipinski definition) is 1. The summed E-state index contributed by atoms with van der Waals surface area (Å²) in [6.07, 6.45) is 3.69. The maximum absolute atomic E-state index is 13.1. The fraction of sp³-hybridized carbons (Fsp3) is 0.300. The summed E-state index contributed by atoms with van der Waals surface area (Å²) in [5, 5.41) is 4.90. The first-order valence-electron chi connectivity index (χ1n) is 8.89. The average Bonchev–Trinajstić information content (AvgIpc) is 2.97. The molecule has 1 aromatic carbocycles. The number of anilines is 2. The highest BCUT2D eigenvalue weighted by Crippen LogP contribution is 2.31. The number of carbonyl (C=O) groups excluding carboxylic acids is 1. The van der Waals surface area contributed by atoms with Gasteiger partial charge in [-0.15, -0.1) is 12.4 Å². The Hall–Kier alpha value is -2.28. The summed E-state index contributed by atoms with van der Waals surface area (Å²) >= 11 is 6.09. The van der Waals surface area contributed by atoms with Crippen LogP contribution in [0.3, 0.4) is 0 Å². The standard InChI is InChI=1S/C20H21ClN4O2.ClH/c1-13-12-24(2)18-17(13)16(20(26)25-6-8-27-9-7-25)11-22-19(18)23-15-5-3-4-14(21)10-15;/h3-5,10-12H,6-9H2,1-2H3,(H,22,23);1H. The van der Waals surface area contributed by atoms with Gasteiger partial charge in [0.15, 0.2) is 5.82 Å². The van der Waals surface area contributed by atoms with Crippen molar-refractivity contribution in [2.24, 2.45) is 7.05 Å². The highest BCUT2D eigenvalue weighted by molar-refractivity contribution is 6.30. The topological polar surface area (TPSA) is 59.4 Å². The lowest BCUT2D eigenvalue weighted by atomic mass is 10.1. The Bertz CT molecular complexity index is 1010. The molecule has 148 valence electrons. The maximum Gasteiger partial charge on any atom is 0.256 e. The lowest BCUT2D eigenvalue weighted by molar-refractivity contribution is 0.0304. The van der Waals surface area contributed by atoms with Crippen LogP contribution in [0.4, 0.5) is 11.5 Å². The zero-order valence-electron chi connectivity index (χ0n) is 15.7. The Balaban J connectivity index is 0.00000225. The average molecular weight is 421 g/mol. The van der Waals surface area contributed by atoms with Crippen molar-refractivity contribution in [1.82, 2.24) is 14.5 Å². The summed E-state index contributed by atoms with van der Waals surface area (Å²) in [7, 11) is 1.96. The number of nitrogens with zero attached hydrogens (tertiary/aromatic N) is 3. The summed E-state index contributed by atoms with van der Waals surface area (Å²) in [5.41, 5.74) is 3.41. The molecule has 3 aromatic rings. The van der Waals surface area contributed by atoms with E-state index in [1.807, 2.05) is 53.9 Å². The van der Waals surface area contributed by atoms with Crippen molar-refractivity contribution in [2.45, 2.75) is 6.92 Å². The third-order valence-corrected chi connectivity index (χ3v) is 5.04. The van der Waals surface area contributed by atoms with E-state index in [9.17, 15) is 4.79 Å². The van der Waals surface area contributed by atoms with Crippen LogP contribution in [-0.2, 0) is 11.8 Å². The molecule has 0 unspecified atom stereocenters. The van der Waals surface area contributed by atoms with Crippen molar-refractivity contribution in [3.63, 3.8) is 0 Å². The van der Waals surface area contributed by atoms with E-state index in [1.165, 1.54) is 0 Å². The number of fused-ring (bicyclic) bond motifs is 1. The van der Waals surface area contributed by atoms with Crippen LogP contribution >= 0.6 is 24.0 Å². The van der Waals surface area contributed by atoms with Crippen molar-refractivity contribution in [3.8, 4) is 0 Å². The van der Waals surface area contributed by atoms with Gasteiger partial charge in [-0.3, -0.25) is 4.79 Å². The van der Waals surface area contributed by atoms with Gasteiger partial charge in [-0.25, -0.2) is 4.98 Å². The van der Waals surface area contributed by atoms with Crippen LogP contribution in [0.1, 0.15) is 15.9 Å². The molecule has 8 heteroatoms. The van der Waals surface area contributed by atoms with Crippen LogP contribution in [0.25, 0.3) is 10.9 Å². The quantitative estimate of drug-likeness (QED) is 0.690. The smallest absolute Gasteiger partial charge is 0.256 e. The number of rotatable bonds is 3. The maximum atomic E-state index is 13.1. The molecule has 0 saturated carbocycles. The monoisotopic (exact) mass is 420 g/mol. The van der Waals surface area contributed by atoms with E-state index < -0.39 is 0 Å². The Kier molecular flexibility index (Phi) is 6.13. The first kappa shape index (κ1) is 20.5. The number of hydrogen-bond acceptors (Lipinski definition) is 4. The van der Waals surface area contributed by atoms with E-state index in [4.69, 9.17) is 16.3 Å². The molecule has 1 aliphatic heterocycles. The minimum Gasteiger partial charge on any atom is -0.378 e. The molecule has 1 aliphatic rings. The molecule has 3 heterocycles. The van der Waals surface area contributed by atoms with Crippen LogP contribution in [0.15, 0.2) is 36.7 Å². The molecule has 0 atom stereocenters. The summed E-state index contributed by atoms with van der Waals surface area (Å²) in [6.45, 7) is 4.38. The van der Waals surface area contributed by atoms with Crippen LogP contribution in [0.5, 0.6) is 0 Å². The van der Waals surface area contributed by atoms with Gasteiger partial charge in [0.1, 0.15) is 0 Å². The number of benzene rings is 1. The molecule has 0 aliphatic carbocycles. The van der Waals surface area contributed by atoms with Gasteiger partial charge in [0.05, 0.1) is 24.3 Å². The summed E-state index contributed by atoms with van der Waals surface area (Å²) < 4.78 is 7.36. The number of aryl methyl sites for hydroxylation is 2. The Labute approximate surface area is 174 Å². The second kappa shape index (κ2) is 8.39. The Morgan fingerprint density at radius 2 is 2.04 bits per heavy atom. The first-order valence-corrected chi connectivity index (χ1v) is 9.26. The third-order valence-electron chi connectivity index (χ3n) is 4.80. The predicted molar refractivity (Wildman–Crippen MR) is 114 cm³/mol. The van der Waals surface area contributed by atoms with Gasteiger partial charge in [-0.05, 0) is 30.7 Å². The number of morpholine rings is 1.